The number of urea groups is 1. The molecule has 31 heavy (non-hydrogen) atoms. The highest BCUT2D eigenvalue weighted by molar-refractivity contribution is 7.18. The van der Waals surface area contributed by atoms with Crippen molar-refractivity contribution in [2.45, 2.75) is 32.4 Å². The summed E-state index contributed by atoms with van der Waals surface area (Å²) in [6.07, 6.45) is 3.47. The molecule has 10 heteroatoms. The summed E-state index contributed by atoms with van der Waals surface area (Å²) in [4.78, 5) is 48.5. The van der Waals surface area contributed by atoms with Crippen LogP contribution in [-0.2, 0) is 17.9 Å². The van der Waals surface area contributed by atoms with Gasteiger partial charge in [0.2, 0.25) is 0 Å². The van der Waals surface area contributed by atoms with E-state index in [2.05, 4.69) is 10.2 Å². The standard InChI is InChI=1S/C21H23N5O3S2/c27-17(25-9-6-22-21(25)29)12-26-16(11-24-7-2-1-3-8-24)23-19-18(20(26)28)14(13-31-19)15-5-4-10-30-15/h4-5,10,13H,1-3,6-9,11-12H2,(H,22,29). The predicted molar refractivity (Wildman–Crippen MR) is 121 cm³/mol. The third-order valence-corrected chi connectivity index (χ3v) is 7.60. The van der Waals surface area contributed by atoms with E-state index in [4.69, 9.17) is 4.98 Å². The Morgan fingerprint density at radius 1 is 1.13 bits per heavy atom. The average Bonchev–Trinajstić information content (AvgIpc) is 3.52. The average molecular weight is 458 g/mol. The summed E-state index contributed by atoms with van der Waals surface area (Å²) < 4.78 is 1.48. The largest absolute Gasteiger partial charge is 0.336 e. The van der Waals surface area contributed by atoms with Crippen molar-refractivity contribution < 1.29 is 9.59 Å². The van der Waals surface area contributed by atoms with Gasteiger partial charge in [-0.3, -0.25) is 24.0 Å². The lowest BCUT2D eigenvalue weighted by Crippen LogP contribution is -2.40. The minimum absolute atomic E-state index is 0.182. The van der Waals surface area contributed by atoms with E-state index in [0.29, 0.717) is 35.7 Å². The second-order valence-corrected chi connectivity index (χ2v) is 9.65. The van der Waals surface area contributed by atoms with E-state index in [0.717, 1.165) is 36.4 Å². The first-order valence-electron chi connectivity index (χ1n) is 10.5. The molecule has 0 aromatic carbocycles. The topological polar surface area (TPSA) is 87.5 Å². The first-order chi connectivity index (χ1) is 15.1. The number of likely N-dealkylation sites (tertiary alicyclic amines) is 1. The van der Waals surface area contributed by atoms with Gasteiger partial charge in [0.15, 0.2) is 0 Å². The van der Waals surface area contributed by atoms with Crippen LogP contribution >= 0.6 is 22.7 Å². The van der Waals surface area contributed by atoms with Crippen LogP contribution in [0.4, 0.5) is 4.79 Å². The smallest absolute Gasteiger partial charge is 0.324 e. The van der Waals surface area contributed by atoms with Gasteiger partial charge in [0, 0.05) is 28.9 Å². The number of piperidine rings is 1. The van der Waals surface area contributed by atoms with E-state index in [1.807, 2.05) is 22.9 Å². The summed E-state index contributed by atoms with van der Waals surface area (Å²) in [5, 5.41) is 7.14. The van der Waals surface area contributed by atoms with Crippen molar-refractivity contribution in [3.63, 3.8) is 0 Å². The minimum Gasteiger partial charge on any atom is -0.336 e. The lowest BCUT2D eigenvalue weighted by molar-refractivity contribution is -0.128. The lowest BCUT2D eigenvalue weighted by atomic mass is 10.1. The first kappa shape index (κ1) is 20.3. The van der Waals surface area contributed by atoms with E-state index in [9.17, 15) is 14.4 Å². The number of carbonyl (C=O) groups excluding carboxylic acids is 2. The molecule has 2 aliphatic heterocycles. The second-order valence-electron chi connectivity index (χ2n) is 7.84. The summed E-state index contributed by atoms with van der Waals surface area (Å²) >= 11 is 3.03. The van der Waals surface area contributed by atoms with Gasteiger partial charge in [0.05, 0.1) is 11.9 Å². The van der Waals surface area contributed by atoms with E-state index in [1.165, 1.54) is 27.2 Å². The normalized spacial score (nSPS) is 17.4. The molecule has 5 rings (SSSR count). The van der Waals surface area contributed by atoms with Gasteiger partial charge < -0.3 is 5.32 Å². The van der Waals surface area contributed by atoms with E-state index < -0.39 is 6.03 Å². The number of imide groups is 1. The van der Waals surface area contributed by atoms with Crippen LogP contribution in [-0.4, -0.2) is 57.5 Å². The summed E-state index contributed by atoms with van der Waals surface area (Å²) in [5.74, 6) is 0.206. The number of amides is 3. The van der Waals surface area contributed by atoms with Crippen LogP contribution < -0.4 is 10.9 Å². The number of hydrogen-bond acceptors (Lipinski definition) is 7. The van der Waals surface area contributed by atoms with Gasteiger partial charge in [-0.25, -0.2) is 9.78 Å². The molecule has 0 bridgehead atoms. The van der Waals surface area contributed by atoms with Crippen molar-refractivity contribution in [2.75, 3.05) is 26.2 Å². The molecule has 0 unspecified atom stereocenters. The summed E-state index contributed by atoms with van der Waals surface area (Å²) in [5.41, 5.74) is 0.645. The van der Waals surface area contributed by atoms with Gasteiger partial charge >= 0.3 is 6.03 Å². The maximum absolute atomic E-state index is 13.6. The Morgan fingerprint density at radius 3 is 2.68 bits per heavy atom. The number of fused-ring (bicyclic) bond motifs is 1. The van der Waals surface area contributed by atoms with Crippen LogP contribution in [0.1, 0.15) is 25.1 Å². The fraction of sp³-hybridized carbons (Fsp3) is 0.429. The number of hydrogen-bond donors (Lipinski definition) is 1. The Kier molecular flexibility index (Phi) is 5.59. The molecule has 3 amide bonds. The Hall–Kier alpha value is -2.56. The SMILES string of the molecule is O=C(Cn1c(CN2CCCCC2)nc2scc(-c3cccs3)c2c1=O)N1CCNC1=O. The summed E-state index contributed by atoms with van der Waals surface area (Å²) in [7, 11) is 0. The monoisotopic (exact) mass is 457 g/mol. The van der Waals surface area contributed by atoms with E-state index >= 15 is 0 Å². The van der Waals surface area contributed by atoms with Gasteiger partial charge in [-0.15, -0.1) is 22.7 Å². The van der Waals surface area contributed by atoms with Gasteiger partial charge in [-0.2, -0.15) is 0 Å². The molecular weight excluding hydrogens is 434 g/mol. The maximum atomic E-state index is 13.6. The summed E-state index contributed by atoms with van der Waals surface area (Å²) in [6, 6.07) is 3.53. The molecule has 0 spiro atoms. The molecule has 2 fully saturated rings. The molecular formula is C21H23N5O3S2. The molecule has 5 heterocycles. The number of rotatable bonds is 5. The molecule has 3 aromatic rings. The fourth-order valence-corrected chi connectivity index (χ4v) is 5.98. The van der Waals surface area contributed by atoms with Crippen LogP contribution in [0.5, 0.6) is 0 Å². The molecule has 1 N–H and O–H groups in total. The highest BCUT2D eigenvalue weighted by Crippen LogP contribution is 2.34. The van der Waals surface area contributed by atoms with Crippen molar-refractivity contribution in [3.05, 3.63) is 39.1 Å². The van der Waals surface area contributed by atoms with Gasteiger partial charge in [-0.05, 0) is 37.4 Å². The molecule has 2 saturated heterocycles. The predicted octanol–water partition coefficient (Wildman–Crippen LogP) is 2.72. The molecule has 2 aliphatic rings. The van der Waals surface area contributed by atoms with E-state index in [1.54, 1.807) is 11.3 Å². The molecule has 0 saturated carbocycles. The summed E-state index contributed by atoms with van der Waals surface area (Å²) in [6.45, 7) is 3.02. The van der Waals surface area contributed by atoms with Gasteiger partial charge in [0.1, 0.15) is 17.2 Å². The molecule has 8 nitrogen and oxygen atoms in total. The third-order valence-electron chi connectivity index (χ3n) is 5.82. The number of nitrogens with zero attached hydrogens (tertiary/aromatic N) is 4. The highest BCUT2D eigenvalue weighted by atomic mass is 32.1. The second kappa shape index (κ2) is 8.52. The van der Waals surface area contributed by atoms with Crippen LogP contribution in [0.15, 0.2) is 27.7 Å². The number of thiophene rings is 2. The zero-order valence-corrected chi connectivity index (χ0v) is 18.6. The number of aromatic nitrogens is 2. The maximum Gasteiger partial charge on any atom is 0.324 e. The van der Waals surface area contributed by atoms with Crippen molar-refractivity contribution in [1.82, 2.24) is 24.7 Å². The third kappa shape index (κ3) is 3.90. The van der Waals surface area contributed by atoms with Crippen LogP contribution in [0.2, 0.25) is 0 Å². The molecule has 0 atom stereocenters. The Morgan fingerprint density at radius 2 is 1.97 bits per heavy atom. The molecule has 162 valence electrons. The number of carbonyl (C=O) groups is 2. The van der Waals surface area contributed by atoms with Crippen LogP contribution in [0.3, 0.4) is 0 Å². The van der Waals surface area contributed by atoms with Crippen LogP contribution in [0.25, 0.3) is 20.7 Å². The highest BCUT2D eigenvalue weighted by Gasteiger charge is 2.28. The Bertz CT molecular complexity index is 1180. The molecule has 3 aromatic heterocycles. The van der Waals surface area contributed by atoms with Crippen molar-refractivity contribution in [1.29, 1.82) is 0 Å². The Balaban J connectivity index is 1.58. The quantitative estimate of drug-likeness (QED) is 0.637. The Labute approximate surface area is 187 Å². The molecule has 0 aliphatic carbocycles. The van der Waals surface area contributed by atoms with E-state index in [-0.39, 0.29) is 18.0 Å². The zero-order chi connectivity index (χ0) is 21.4. The zero-order valence-electron chi connectivity index (χ0n) is 17.0. The number of nitrogens with one attached hydrogen (secondary N) is 1. The lowest BCUT2D eigenvalue weighted by Gasteiger charge is -2.27. The van der Waals surface area contributed by atoms with Crippen molar-refractivity contribution >= 4 is 44.8 Å². The van der Waals surface area contributed by atoms with Crippen molar-refractivity contribution in [3.8, 4) is 10.4 Å². The first-order valence-corrected chi connectivity index (χ1v) is 12.2. The van der Waals surface area contributed by atoms with Crippen molar-refractivity contribution in [2.24, 2.45) is 0 Å². The van der Waals surface area contributed by atoms with Gasteiger partial charge in [0.25, 0.3) is 11.5 Å². The molecule has 0 radical (unpaired) electrons. The minimum atomic E-state index is -0.403. The van der Waals surface area contributed by atoms with Gasteiger partial charge in [-0.1, -0.05) is 12.5 Å². The van der Waals surface area contributed by atoms with Crippen LogP contribution in [0, 0.1) is 0 Å². The fourth-order valence-electron chi connectivity index (χ4n) is 4.21.